The fourth-order valence-electron chi connectivity index (χ4n) is 2.44. The number of thioether (sulfide) groups is 1. The van der Waals surface area contributed by atoms with E-state index in [2.05, 4.69) is 24.1 Å². The average Bonchev–Trinajstić information content (AvgIpc) is 2.79. The van der Waals surface area contributed by atoms with E-state index in [1.54, 1.807) is 4.57 Å². The maximum atomic E-state index is 13.0. The summed E-state index contributed by atoms with van der Waals surface area (Å²) in [6.45, 7) is 14.1. The molecule has 0 fully saturated rings. The Bertz CT molecular complexity index is 837. The second-order valence-electron chi connectivity index (χ2n) is 7.02. The van der Waals surface area contributed by atoms with E-state index in [9.17, 15) is 9.59 Å². The number of amides is 1. The molecule has 1 N–H and O–H groups in total. The predicted octanol–water partition coefficient (Wildman–Crippen LogP) is 3.91. The Balaban J connectivity index is 2.33. The van der Waals surface area contributed by atoms with E-state index in [4.69, 9.17) is 0 Å². The zero-order valence-corrected chi connectivity index (χ0v) is 17.6. The number of fused-ring (bicyclic) bond motifs is 1. The fraction of sp³-hybridized carbons (Fsp3) is 0.611. The smallest absolute Gasteiger partial charge is 0.263 e. The van der Waals surface area contributed by atoms with Gasteiger partial charge in [-0.2, -0.15) is 0 Å². The van der Waals surface area contributed by atoms with Gasteiger partial charge in [-0.15, -0.1) is 11.3 Å². The Morgan fingerprint density at radius 1 is 1.24 bits per heavy atom. The molecule has 2 aromatic heterocycles. The molecule has 0 radical (unpaired) electrons. The summed E-state index contributed by atoms with van der Waals surface area (Å²) in [6.07, 6.45) is 0. The van der Waals surface area contributed by atoms with Crippen molar-refractivity contribution < 1.29 is 4.79 Å². The molecule has 2 rings (SSSR count). The quantitative estimate of drug-likeness (QED) is 0.609. The van der Waals surface area contributed by atoms with Crippen LogP contribution in [0, 0.1) is 19.8 Å². The van der Waals surface area contributed by atoms with Crippen LogP contribution in [0.4, 0.5) is 0 Å². The molecule has 1 atom stereocenters. The van der Waals surface area contributed by atoms with Crippen LogP contribution in [-0.2, 0) is 4.79 Å². The zero-order valence-electron chi connectivity index (χ0n) is 16.0. The Kier molecular flexibility index (Phi) is 6.32. The minimum atomic E-state index is -0.0330. The van der Waals surface area contributed by atoms with Crippen molar-refractivity contribution in [1.29, 1.82) is 0 Å². The van der Waals surface area contributed by atoms with Gasteiger partial charge in [0.05, 0.1) is 11.1 Å². The molecule has 0 aliphatic rings. The third-order valence-corrected chi connectivity index (χ3v) is 6.49. The second-order valence-corrected chi connectivity index (χ2v) is 9.16. The standard InChI is InChI=1S/C18H27N3O2S2/c1-9(2)12(6)19-14(22)8-24-18-20-16-15(11(5)13(7)25-16)17(23)21(18)10(3)4/h9-10,12H,8H2,1-7H3,(H,19,22)/t12-/m1/s1. The molecule has 138 valence electrons. The Hall–Kier alpha value is -1.34. The van der Waals surface area contributed by atoms with Gasteiger partial charge < -0.3 is 5.32 Å². The molecular weight excluding hydrogens is 354 g/mol. The van der Waals surface area contributed by atoms with Crippen LogP contribution in [0.2, 0.25) is 0 Å². The monoisotopic (exact) mass is 381 g/mol. The lowest BCUT2D eigenvalue weighted by Gasteiger charge is -2.18. The van der Waals surface area contributed by atoms with Crippen LogP contribution < -0.4 is 10.9 Å². The number of carbonyl (C=O) groups is 1. The molecule has 0 saturated heterocycles. The Morgan fingerprint density at radius 3 is 2.44 bits per heavy atom. The molecule has 2 aromatic rings. The second kappa shape index (κ2) is 7.91. The number of carbonyl (C=O) groups excluding carboxylic acids is 1. The first-order valence-electron chi connectivity index (χ1n) is 8.57. The largest absolute Gasteiger partial charge is 0.353 e. The highest BCUT2D eigenvalue weighted by molar-refractivity contribution is 7.99. The molecule has 0 saturated carbocycles. The van der Waals surface area contributed by atoms with Gasteiger partial charge in [0.15, 0.2) is 5.16 Å². The van der Waals surface area contributed by atoms with Crippen molar-refractivity contribution in [2.45, 2.75) is 65.7 Å². The van der Waals surface area contributed by atoms with Crippen molar-refractivity contribution >= 4 is 39.2 Å². The Labute approximate surface area is 157 Å². The number of nitrogens with one attached hydrogen (secondary N) is 1. The van der Waals surface area contributed by atoms with Crippen LogP contribution in [0.5, 0.6) is 0 Å². The highest BCUT2D eigenvalue weighted by atomic mass is 32.2. The van der Waals surface area contributed by atoms with Crippen molar-refractivity contribution in [2.75, 3.05) is 5.75 Å². The lowest BCUT2D eigenvalue weighted by Crippen LogP contribution is -2.37. The Morgan fingerprint density at radius 2 is 1.88 bits per heavy atom. The van der Waals surface area contributed by atoms with Crippen molar-refractivity contribution in [3.8, 4) is 0 Å². The molecule has 2 heterocycles. The maximum Gasteiger partial charge on any atom is 0.263 e. The van der Waals surface area contributed by atoms with Crippen molar-refractivity contribution in [3.63, 3.8) is 0 Å². The van der Waals surface area contributed by atoms with Crippen LogP contribution in [0.1, 0.15) is 51.1 Å². The zero-order chi connectivity index (χ0) is 18.9. The number of nitrogens with zero attached hydrogens (tertiary/aromatic N) is 2. The molecule has 0 unspecified atom stereocenters. The van der Waals surface area contributed by atoms with Gasteiger partial charge in [-0.25, -0.2) is 4.98 Å². The highest BCUT2D eigenvalue weighted by Crippen LogP contribution is 2.29. The first-order valence-corrected chi connectivity index (χ1v) is 10.4. The molecule has 0 bridgehead atoms. The summed E-state index contributed by atoms with van der Waals surface area (Å²) in [5, 5.41) is 4.31. The topological polar surface area (TPSA) is 64.0 Å². The normalized spacial score (nSPS) is 13.0. The molecule has 0 aliphatic heterocycles. The molecule has 0 aliphatic carbocycles. The minimum Gasteiger partial charge on any atom is -0.353 e. The molecule has 1 amide bonds. The summed E-state index contributed by atoms with van der Waals surface area (Å²) >= 11 is 2.87. The van der Waals surface area contributed by atoms with Crippen molar-refractivity contribution in [1.82, 2.24) is 14.9 Å². The lowest BCUT2D eigenvalue weighted by molar-refractivity contribution is -0.119. The predicted molar refractivity (Wildman–Crippen MR) is 107 cm³/mol. The van der Waals surface area contributed by atoms with E-state index in [-0.39, 0.29) is 29.3 Å². The van der Waals surface area contributed by atoms with E-state index < -0.39 is 0 Å². The number of hydrogen-bond acceptors (Lipinski definition) is 5. The molecule has 0 aromatic carbocycles. The third-order valence-electron chi connectivity index (χ3n) is 4.44. The van der Waals surface area contributed by atoms with E-state index >= 15 is 0 Å². The number of aromatic nitrogens is 2. The molecule has 5 nitrogen and oxygen atoms in total. The number of aryl methyl sites for hydroxylation is 2. The lowest BCUT2D eigenvalue weighted by atomic mass is 10.1. The van der Waals surface area contributed by atoms with E-state index in [1.807, 2.05) is 34.6 Å². The summed E-state index contributed by atoms with van der Waals surface area (Å²) in [5.74, 6) is 0.606. The van der Waals surface area contributed by atoms with Crippen molar-refractivity contribution in [2.24, 2.45) is 5.92 Å². The van der Waals surface area contributed by atoms with Gasteiger partial charge in [0.2, 0.25) is 5.91 Å². The molecule has 25 heavy (non-hydrogen) atoms. The number of thiophene rings is 1. The van der Waals surface area contributed by atoms with Gasteiger partial charge in [0.1, 0.15) is 4.83 Å². The van der Waals surface area contributed by atoms with Gasteiger partial charge in [0, 0.05) is 17.0 Å². The first-order chi connectivity index (χ1) is 11.6. The highest BCUT2D eigenvalue weighted by Gasteiger charge is 2.19. The number of hydrogen-bond donors (Lipinski definition) is 1. The summed E-state index contributed by atoms with van der Waals surface area (Å²) in [4.78, 5) is 31.7. The van der Waals surface area contributed by atoms with E-state index in [0.29, 0.717) is 16.5 Å². The molecule has 0 spiro atoms. The molecule has 7 heteroatoms. The minimum absolute atomic E-state index is 0.0100. The van der Waals surface area contributed by atoms with Crippen LogP contribution >= 0.6 is 23.1 Å². The third kappa shape index (κ3) is 4.26. The summed E-state index contributed by atoms with van der Waals surface area (Å²) in [5.41, 5.74) is 0.993. The van der Waals surface area contributed by atoms with Gasteiger partial charge in [-0.3, -0.25) is 14.2 Å². The molecular formula is C18H27N3O2S2. The van der Waals surface area contributed by atoms with Crippen LogP contribution in [0.3, 0.4) is 0 Å². The van der Waals surface area contributed by atoms with Crippen molar-refractivity contribution in [3.05, 3.63) is 20.8 Å². The summed E-state index contributed by atoms with van der Waals surface area (Å²) < 4.78 is 1.70. The van der Waals surface area contributed by atoms with Gasteiger partial charge >= 0.3 is 0 Å². The van der Waals surface area contributed by atoms with Crippen LogP contribution in [-0.4, -0.2) is 27.3 Å². The van der Waals surface area contributed by atoms with Gasteiger partial charge in [-0.05, 0) is 46.1 Å². The summed E-state index contributed by atoms with van der Waals surface area (Å²) in [7, 11) is 0. The van der Waals surface area contributed by atoms with Gasteiger partial charge in [0.25, 0.3) is 5.56 Å². The van der Waals surface area contributed by atoms with E-state index in [1.165, 1.54) is 23.1 Å². The van der Waals surface area contributed by atoms with E-state index in [0.717, 1.165) is 15.3 Å². The summed E-state index contributed by atoms with van der Waals surface area (Å²) in [6, 6.07) is 0.114. The SMILES string of the molecule is Cc1sc2nc(SCC(=O)N[C@H](C)C(C)C)n(C(C)C)c(=O)c2c1C. The fourth-order valence-corrected chi connectivity index (χ4v) is 4.45. The average molecular weight is 382 g/mol. The van der Waals surface area contributed by atoms with Gasteiger partial charge in [-0.1, -0.05) is 25.6 Å². The number of rotatable bonds is 6. The van der Waals surface area contributed by atoms with Crippen LogP contribution in [0.15, 0.2) is 9.95 Å². The first kappa shape index (κ1) is 20.0. The van der Waals surface area contributed by atoms with Crippen LogP contribution in [0.25, 0.3) is 10.2 Å². The maximum absolute atomic E-state index is 13.0.